The fraction of sp³-hybridized carbons (Fsp3) is 0.312. The van der Waals surface area contributed by atoms with Crippen molar-refractivity contribution in [3.8, 4) is 0 Å². The van der Waals surface area contributed by atoms with Crippen molar-refractivity contribution >= 4 is 11.9 Å². The Balaban J connectivity index is 0.000000279. The first kappa shape index (κ1) is 19.3. The molecule has 0 fully saturated rings. The third kappa shape index (κ3) is 4.27. The SMILES string of the molecule is Cn1nc(Cn2ccnc2)c2c1CN(c1ncccn1)C2.O=C(O)C(F)(F)F. The van der Waals surface area contributed by atoms with Gasteiger partial charge in [0.05, 0.1) is 37.3 Å². The number of imidazole rings is 1. The standard InChI is InChI=1S/C14H15N7.C2HF3O2/c1-19-13-9-21(14-16-3-2-4-17-14)7-11(13)12(18-19)8-20-6-5-15-10-20;3-2(4,5)1(6)7/h2-6,10H,7-9H2,1H3;(H,6,7). The summed E-state index contributed by atoms with van der Waals surface area (Å²) >= 11 is 0. The van der Waals surface area contributed by atoms with Gasteiger partial charge in [0.15, 0.2) is 0 Å². The number of anilines is 1. The molecule has 3 aromatic rings. The summed E-state index contributed by atoms with van der Waals surface area (Å²) in [5.74, 6) is -1.99. The van der Waals surface area contributed by atoms with Crippen molar-refractivity contribution in [3.63, 3.8) is 0 Å². The van der Waals surface area contributed by atoms with Crippen molar-refractivity contribution in [2.45, 2.75) is 25.8 Å². The molecular formula is C16H16F3N7O2. The largest absolute Gasteiger partial charge is 0.490 e. The smallest absolute Gasteiger partial charge is 0.475 e. The number of carboxylic acids is 1. The first-order chi connectivity index (χ1) is 13.3. The number of carboxylic acid groups (broad SMARTS) is 1. The molecule has 0 bridgehead atoms. The molecule has 0 radical (unpaired) electrons. The molecule has 0 amide bonds. The first-order valence-electron chi connectivity index (χ1n) is 8.07. The van der Waals surface area contributed by atoms with Crippen molar-refractivity contribution in [2.75, 3.05) is 4.90 Å². The van der Waals surface area contributed by atoms with Gasteiger partial charge in [-0.2, -0.15) is 18.3 Å². The zero-order chi connectivity index (χ0) is 20.3. The number of aryl methyl sites for hydroxylation is 1. The lowest BCUT2D eigenvalue weighted by Crippen LogP contribution is -2.21. The molecule has 0 spiro atoms. The second-order valence-corrected chi connectivity index (χ2v) is 5.94. The van der Waals surface area contributed by atoms with Crippen LogP contribution >= 0.6 is 0 Å². The number of aliphatic carboxylic acids is 1. The van der Waals surface area contributed by atoms with Crippen LogP contribution in [-0.2, 0) is 31.5 Å². The summed E-state index contributed by atoms with van der Waals surface area (Å²) in [6.07, 6.45) is 4.02. The minimum Gasteiger partial charge on any atom is -0.475 e. The Bertz CT molecular complexity index is 939. The second kappa shape index (κ2) is 7.66. The van der Waals surface area contributed by atoms with E-state index in [2.05, 4.69) is 25.0 Å². The molecule has 0 atom stereocenters. The molecule has 0 saturated heterocycles. The number of fused-ring (bicyclic) bond motifs is 1. The van der Waals surface area contributed by atoms with Crippen LogP contribution < -0.4 is 4.90 Å². The van der Waals surface area contributed by atoms with E-state index >= 15 is 0 Å². The quantitative estimate of drug-likeness (QED) is 0.719. The number of rotatable bonds is 3. The number of alkyl halides is 3. The molecule has 12 heteroatoms. The first-order valence-corrected chi connectivity index (χ1v) is 8.07. The summed E-state index contributed by atoms with van der Waals surface area (Å²) in [6, 6.07) is 1.83. The van der Waals surface area contributed by atoms with Gasteiger partial charge in [0, 0.05) is 37.4 Å². The molecule has 0 aliphatic carbocycles. The Labute approximate surface area is 157 Å². The van der Waals surface area contributed by atoms with Crippen LogP contribution in [0.25, 0.3) is 0 Å². The maximum Gasteiger partial charge on any atom is 0.490 e. The molecule has 148 valence electrons. The Kier molecular flexibility index (Phi) is 5.29. The predicted molar refractivity (Wildman–Crippen MR) is 90.1 cm³/mol. The van der Waals surface area contributed by atoms with Gasteiger partial charge in [-0.1, -0.05) is 0 Å². The average Bonchev–Trinajstić information content (AvgIpc) is 3.36. The molecule has 0 unspecified atom stereocenters. The van der Waals surface area contributed by atoms with Gasteiger partial charge in [-0.05, 0) is 6.07 Å². The van der Waals surface area contributed by atoms with Gasteiger partial charge >= 0.3 is 12.1 Å². The highest BCUT2D eigenvalue weighted by Crippen LogP contribution is 2.28. The summed E-state index contributed by atoms with van der Waals surface area (Å²) < 4.78 is 35.7. The van der Waals surface area contributed by atoms with Crippen molar-refractivity contribution in [1.82, 2.24) is 29.3 Å². The van der Waals surface area contributed by atoms with Crippen molar-refractivity contribution in [2.24, 2.45) is 7.05 Å². The molecule has 4 rings (SSSR count). The second-order valence-electron chi connectivity index (χ2n) is 5.94. The van der Waals surface area contributed by atoms with Gasteiger partial charge in [-0.3, -0.25) is 4.68 Å². The lowest BCUT2D eigenvalue weighted by molar-refractivity contribution is -0.192. The van der Waals surface area contributed by atoms with Gasteiger partial charge in [0.2, 0.25) is 5.95 Å². The van der Waals surface area contributed by atoms with E-state index in [-0.39, 0.29) is 0 Å². The minimum absolute atomic E-state index is 0.743. The van der Waals surface area contributed by atoms with E-state index in [0.717, 1.165) is 31.3 Å². The van der Waals surface area contributed by atoms with E-state index in [1.54, 1.807) is 18.6 Å². The highest BCUT2D eigenvalue weighted by molar-refractivity contribution is 5.73. The van der Waals surface area contributed by atoms with Gasteiger partial charge in [-0.25, -0.2) is 19.7 Å². The Morgan fingerprint density at radius 2 is 1.89 bits per heavy atom. The number of carbonyl (C=O) groups is 1. The molecule has 9 nitrogen and oxygen atoms in total. The highest BCUT2D eigenvalue weighted by Gasteiger charge is 2.38. The Hall–Kier alpha value is -3.44. The van der Waals surface area contributed by atoms with Gasteiger partial charge in [-0.15, -0.1) is 0 Å². The molecule has 0 aromatic carbocycles. The van der Waals surface area contributed by atoms with Crippen LogP contribution in [0.3, 0.4) is 0 Å². The zero-order valence-electron chi connectivity index (χ0n) is 14.7. The van der Waals surface area contributed by atoms with Gasteiger partial charge < -0.3 is 14.6 Å². The maximum absolute atomic E-state index is 10.6. The zero-order valence-corrected chi connectivity index (χ0v) is 14.7. The van der Waals surface area contributed by atoms with Crippen LogP contribution in [0.2, 0.25) is 0 Å². The van der Waals surface area contributed by atoms with Gasteiger partial charge in [0.1, 0.15) is 0 Å². The Morgan fingerprint density at radius 3 is 2.46 bits per heavy atom. The molecule has 4 heterocycles. The lowest BCUT2D eigenvalue weighted by atomic mass is 10.2. The minimum atomic E-state index is -5.08. The third-order valence-corrected chi connectivity index (χ3v) is 4.02. The van der Waals surface area contributed by atoms with E-state index in [0.29, 0.717) is 0 Å². The van der Waals surface area contributed by atoms with Crippen LogP contribution in [-0.4, -0.2) is 46.6 Å². The number of hydrogen-bond donors (Lipinski definition) is 1. The average molecular weight is 395 g/mol. The van der Waals surface area contributed by atoms with E-state index in [4.69, 9.17) is 9.90 Å². The summed E-state index contributed by atoms with van der Waals surface area (Å²) in [7, 11) is 1.99. The van der Waals surface area contributed by atoms with E-state index < -0.39 is 12.1 Å². The number of aromatic nitrogens is 6. The van der Waals surface area contributed by atoms with E-state index in [1.807, 2.05) is 34.9 Å². The van der Waals surface area contributed by atoms with Crippen LogP contribution in [0.4, 0.5) is 19.1 Å². The lowest BCUT2D eigenvalue weighted by Gasteiger charge is -2.15. The van der Waals surface area contributed by atoms with Crippen molar-refractivity contribution in [1.29, 1.82) is 0 Å². The topological polar surface area (TPSA) is 102 Å². The maximum atomic E-state index is 10.6. The summed E-state index contributed by atoms with van der Waals surface area (Å²) in [5, 5.41) is 11.8. The number of nitrogens with zero attached hydrogens (tertiary/aromatic N) is 7. The molecule has 1 aliphatic heterocycles. The monoisotopic (exact) mass is 395 g/mol. The summed E-state index contributed by atoms with van der Waals surface area (Å²) in [4.78, 5) is 23.8. The van der Waals surface area contributed by atoms with E-state index in [9.17, 15) is 13.2 Å². The van der Waals surface area contributed by atoms with Crippen LogP contribution in [0.1, 0.15) is 17.0 Å². The third-order valence-electron chi connectivity index (χ3n) is 4.02. The molecule has 1 N–H and O–H groups in total. The fourth-order valence-electron chi connectivity index (χ4n) is 2.75. The molecule has 1 aliphatic rings. The number of hydrogen-bond acceptors (Lipinski definition) is 6. The van der Waals surface area contributed by atoms with Crippen molar-refractivity contribution in [3.05, 3.63) is 54.1 Å². The fourth-order valence-corrected chi connectivity index (χ4v) is 2.75. The predicted octanol–water partition coefficient (Wildman–Crippen LogP) is 1.61. The molecule has 28 heavy (non-hydrogen) atoms. The highest BCUT2D eigenvalue weighted by atomic mass is 19.4. The summed E-state index contributed by atoms with van der Waals surface area (Å²) in [5.41, 5.74) is 3.60. The molecule has 0 saturated carbocycles. The van der Waals surface area contributed by atoms with Crippen LogP contribution in [0.15, 0.2) is 37.2 Å². The molecule has 3 aromatic heterocycles. The van der Waals surface area contributed by atoms with Crippen molar-refractivity contribution < 1.29 is 23.1 Å². The number of halogens is 3. The van der Waals surface area contributed by atoms with Crippen LogP contribution in [0, 0.1) is 0 Å². The van der Waals surface area contributed by atoms with E-state index in [1.165, 1.54) is 11.3 Å². The molecular weight excluding hydrogens is 379 g/mol. The summed E-state index contributed by atoms with van der Waals surface area (Å²) in [6.45, 7) is 2.34. The normalized spacial score (nSPS) is 13.1. The Morgan fingerprint density at radius 1 is 1.21 bits per heavy atom. The van der Waals surface area contributed by atoms with Gasteiger partial charge in [0.25, 0.3) is 0 Å². The van der Waals surface area contributed by atoms with Crippen LogP contribution in [0.5, 0.6) is 0 Å².